The molecule has 3 N–H and O–H groups in total. The molecule has 1 unspecified atom stereocenters. The van der Waals surface area contributed by atoms with Crippen molar-refractivity contribution < 1.29 is 81.9 Å². The van der Waals surface area contributed by atoms with Gasteiger partial charge in [-0.3, -0.25) is 14.4 Å². The van der Waals surface area contributed by atoms with E-state index in [1.165, 1.54) is 0 Å². The summed E-state index contributed by atoms with van der Waals surface area (Å²) in [4.78, 5) is 57.9. The number of azide groups is 3. The molecule has 26 heteroatoms. The number of carboxylic acids is 3. The fourth-order valence-corrected chi connectivity index (χ4v) is 5.76. The molecule has 0 saturated heterocycles. The second-order valence-electron chi connectivity index (χ2n) is 15.0. The molecule has 0 aromatic heterocycles. The van der Waals surface area contributed by atoms with E-state index in [1.54, 1.807) is 20.8 Å². The van der Waals surface area contributed by atoms with E-state index in [0.29, 0.717) is 0 Å². The van der Waals surface area contributed by atoms with Crippen LogP contribution in [0.3, 0.4) is 0 Å². The smallest absolute Gasteiger partial charge is 0.339 e. The van der Waals surface area contributed by atoms with Crippen LogP contribution in [0.2, 0.25) is 0 Å². The molecular formula is C41H65N9O17. The summed E-state index contributed by atoms with van der Waals surface area (Å²) in [6.45, 7) is 6.33. The van der Waals surface area contributed by atoms with Crippen LogP contribution in [-0.2, 0) is 60.4 Å². The van der Waals surface area contributed by atoms with Gasteiger partial charge in [-0.25, -0.2) is 4.79 Å². The molecule has 0 amide bonds. The summed E-state index contributed by atoms with van der Waals surface area (Å²) in [5.41, 5.74) is 24.9. The Labute approximate surface area is 388 Å². The summed E-state index contributed by atoms with van der Waals surface area (Å²) in [7, 11) is 0. The van der Waals surface area contributed by atoms with Crippen LogP contribution in [0.5, 0.6) is 17.2 Å². The number of benzene rings is 1. The first-order chi connectivity index (χ1) is 32.3. The highest BCUT2D eigenvalue weighted by molar-refractivity contribution is 5.96. The minimum Gasteiger partial charge on any atom is -0.489 e. The molecule has 0 bridgehead atoms. The number of carboxylic acid groups (broad SMARTS) is 3. The number of hydrogen-bond acceptors (Lipinski definition) is 17. The van der Waals surface area contributed by atoms with Crippen LogP contribution >= 0.6 is 0 Å². The van der Waals surface area contributed by atoms with Crippen LogP contribution in [0.1, 0.15) is 80.8 Å². The van der Waals surface area contributed by atoms with E-state index >= 15 is 0 Å². The Morgan fingerprint density at radius 2 is 0.896 bits per heavy atom. The number of nitrogens with zero attached hydrogens (tertiary/aromatic N) is 9. The number of carbonyl (C=O) groups excluding carboxylic acids is 1. The number of esters is 1. The lowest BCUT2D eigenvalue weighted by molar-refractivity contribution is -0.143. The Bertz CT molecular complexity index is 1780. The van der Waals surface area contributed by atoms with Crippen LogP contribution in [0.4, 0.5) is 0 Å². The third kappa shape index (κ3) is 28.8. The zero-order valence-corrected chi connectivity index (χ0v) is 38.5. The minimum absolute atomic E-state index is 0.000140. The number of hydrogen-bond donors (Lipinski definition) is 3. The van der Waals surface area contributed by atoms with Gasteiger partial charge in [-0.15, -0.1) is 0 Å². The van der Waals surface area contributed by atoms with Gasteiger partial charge in [0.05, 0.1) is 104 Å². The summed E-state index contributed by atoms with van der Waals surface area (Å²) in [5.74, 6) is -5.11. The fraction of sp³-hybridized carbons (Fsp3) is 0.756. The Kier molecular flexibility index (Phi) is 33.0. The molecule has 0 spiro atoms. The minimum atomic E-state index is -1.12. The number of aliphatic carboxylic acids is 3. The van der Waals surface area contributed by atoms with E-state index in [1.807, 2.05) is 0 Å². The highest BCUT2D eigenvalue weighted by Gasteiger charge is 2.33. The Morgan fingerprint density at radius 3 is 1.28 bits per heavy atom. The molecule has 1 rings (SSSR count). The van der Waals surface area contributed by atoms with E-state index in [2.05, 4.69) is 30.1 Å². The van der Waals surface area contributed by atoms with Gasteiger partial charge in [0.2, 0.25) is 5.75 Å². The average Bonchev–Trinajstić information content (AvgIpc) is 3.26. The molecule has 0 heterocycles. The molecule has 67 heavy (non-hydrogen) atoms. The molecule has 1 atom stereocenters. The van der Waals surface area contributed by atoms with Gasteiger partial charge in [-0.2, -0.15) is 0 Å². The van der Waals surface area contributed by atoms with E-state index < -0.39 is 35.4 Å². The first kappa shape index (κ1) is 59.2. The highest BCUT2D eigenvalue weighted by atomic mass is 16.6. The van der Waals surface area contributed by atoms with Gasteiger partial charge in [-0.1, -0.05) is 15.3 Å². The number of carbonyl (C=O) groups is 4. The van der Waals surface area contributed by atoms with Gasteiger partial charge in [-0.05, 0) is 63.0 Å². The van der Waals surface area contributed by atoms with E-state index in [9.17, 15) is 34.5 Å². The predicted molar refractivity (Wildman–Crippen MR) is 237 cm³/mol. The summed E-state index contributed by atoms with van der Waals surface area (Å²) in [5, 5.41) is 39.1. The largest absolute Gasteiger partial charge is 0.489 e. The van der Waals surface area contributed by atoms with Crippen molar-refractivity contribution in [2.45, 2.75) is 77.7 Å². The quantitative estimate of drug-likeness (QED) is 0.0219. The van der Waals surface area contributed by atoms with Gasteiger partial charge in [0.25, 0.3) is 0 Å². The third-order valence-corrected chi connectivity index (χ3v) is 8.71. The van der Waals surface area contributed by atoms with E-state index in [-0.39, 0.29) is 204 Å². The van der Waals surface area contributed by atoms with Crippen molar-refractivity contribution in [3.8, 4) is 17.2 Å². The molecule has 0 aliphatic rings. The van der Waals surface area contributed by atoms with Crippen molar-refractivity contribution in [1.82, 2.24) is 0 Å². The molecule has 0 aliphatic heterocycles. The standard InChI is InChI=1S/C41H65N9O17/c1-41(2,3)67-40(57)35-31(10-18-59-25-28-62-22-13-46-49-43)36(64-15-4-6-33(51)52)38(65-16-5-7-34(53)54)37(32(35)11-19-60-26-29-63-23-14-47-50-44)66-20-9-30(39(55)56)8-17-58-24-27-61-21-12-45-48-42/h30H,4-29H2,1-3H3,(H,51,52)(H,53,54)(H,55,56). The lowest BCUT2D eigenvalue weighted by atomic mass is 9.93. The average molecular weight is 956 g/mol. The maximum absolute atomic E-state index is 14.5. The zero-order valence-electron chi connectivity index (χ0n) is 38.5. The van der Waals surface area contributed by atoms with Crippen molar-refractivity contribution in [3.63, 3.8) is 0 Å². The summed E-state index contributed by atoms with van der Waals surface area (Å²) >= 11 is 0. The molecule has 0 saturated carbocycles. The second-order valence-corrected chi connectivity index (χ2v) is 15.0. The lowest BCUT2D eigenvalue weighted by Crippen LogP contribution is -2.27. The highest BCUT2D eigenvalue weighted by Crippen LogP contribution is 2.47. The van der Waals surface area contributed by atoms with Crippen LogP contribution in [0.15, 0.2) is 15.3 Å². The normalized spacial score (nSPS) is 11.4. The molecule has 0 fully saturated rings. The maximum Gasteiger partial charge on any atom is 0.339 e. The van der Waals surface area contributed by atoms with Crippen molar-refractivity contribution in [2.24, 2.45) is 21.3 Å². The second kappa shape index (κ2) is 37.3. The van der Waals surface area contributed by atoms with Gasteiger partial charge < -0.3 is 62.7 Å². The fourth-order valence-electron chi connectivity index (χ4n) is 5.76. The predicted octanol–water partition coefficient (Wildman–Crippen LogP) is 6.10. The first-order valence-electron chi connectivity index (χ1n) is 21.8. The molecule has 1 aromatic rings. The first-order valence-corrected chi connectivity index (χ1v) is 21.8. The summed E-state index contributed by atoms with van der Waals surface area (Å²) in [6, 6.07) is 0. The molecule has 376 valence electrons. The SMILES string of the molecule is CC(C)(C)OC(=O)c1c(CCOCCOCCN=[N+]=[N-])c(OCCCC(=O)O)c(OCCCC(=O)O)c(OCCC(CCOCCOCCN=[N+]=[N-])C(=O)O)c1CCOCCOCCN=[N+]=[N-]. The summed E-state index contributed by atoms with van der Waals surface area (Å²) < 4.78 is 58.5. The van der Waals surface area contributed by atoms with Crippen molar-refractivity contribution >= 4 is 23.9 Å². The zero-order chi connectivity index (χ0) is 49.5. The third-order valence-electron chi connectivity index (χ3n) is 8.71. The molecule has 1 aromatic carbocycles. The lowest BCUT2D eigenvalue weighted by Gasteiger charge is -2.28. The van der Waals surface area contributed by atoms with Gasteiger partial charge in [0.15, 0.2) is 11.5 Å². The Hall–Kier alpha value is -5.81. The Balaban J connectivity index is 3.85. The maximum atomic E-state index is 14.5. The van der Waals surface area contributed by atoms with Crippen molar-refractivity contribution in [3.05, 3.63) is 48.0 Å². The number of rotatable bonds is 43. The van der Waals surface area contributed by atoms with Crippen LogP contribution < -0.4 is 14.2 Å². The summed E-state index contributed by atoms with van der Waals surface area (Å²) in [6.07, 6.45) is -0.397. The van der Waals surface area contributed by atoms with Crippen molar-refractivity contribution in [2.75, 3.05) is 119 Å². The monoisotopic (exact) mass is 955 g/mol. The van der Waals surface area contributed by atoms with E-state index in [4.69, 9.17) is 64.0 Å². The van der Waals surface area contributed by atoms with Crippen LogP contribution in [-0.4, -0.2) is 164 Å². The van der Waals surface area contributed by atoms with Crippen molar-refractivity contribution in [1.29, 1.82) is 0 Å². The van der Waals surface area contributed by atoms with Gasteiger partial charge in [0.1, 0.15) is 5.60 Å². The Morgan fingerprint density at radius 1 is 0.522 bits per heavy atom. The molecule has 0 aliphatic carbocycles. The number of ether oxygens (including phenoxy) is 10. The topological polar surface area (TPSA) is 368 Å². The molecule has 26 nitrogen and oxygen atoms in total. The van der Waals surface area contributed by atoms with Crippen LogP contribution in [0.25, 0.3) is 31.3 Å². The molecular weight excluding hydrogens is 890 g/mol. The van der Waals surface area contributed by atoms with Gasteiger partial charge >= 0.3 is 23.9 Å². The van der Waals surface area contributed by atoms with Gasteiger partial charge in [0, 0.05) is 77.8 Å². The molecule has 0 radical (unpaired) electrons. The van der Waals surface area contributed by atoms with E-state index in [0.717, 1.165) is 0 Å². The van der Waals surface area contributed by atoms with Crippen LogP contribution in [0, 0.1) is 5.92 Å².